The molecular formula is C32H62O16. The highest BCUT2D eigenvalue weighted by molar-refractivity contribution is 5.69. The molecule has 0 unspecified atom stereocenters. The SMILES string of the molecule is CCCCCC(=O)OCCOCCOCCOCCOCCOCCOCCOCCOCCOCCOCCOCCOCC(=O)O. The lowest BCUT2D eigenvalue weighted by Crippen LogP contribution is -2.16. The summed E-state index contributed by atoms with van der Waals surface area (Å²) in [7, 11) is 0. The molecule has 1 N–H and O–H groups in total. The predicted octanol–water partition coefficient (Wildman–Crippen LogP) is 1.39. The van der Waals surface area contributed by atoms with E-state index in [4.69, 9.17) is 66.7 Å². The summed E-state index contributed by atoms with van der Waals surface area (Å²) in [5, 5.41) is 8.42. The molecule has 0 saturated carbocycles. The van der Waals surface area contributed by atoms with Crippen molar-refractivity contribution in [3.05, 3.63) is 0 Å². The molecule has 0 amide bonds. The van der Waals surface area contributed by atoms with Crippen LogP contribution in [0.5, 0.6) is 0 Å². The van der Waals surface area contributed by atoms with E-state index in [1.165, 1.54) is 0 Å². The molecular weight excluding hydrogens is 640 g/mol. The molecule has 0 aliphatic carbocycles. The van der Waals surface area contributed by atoms with Gasteiger partial charge in [-0.2, -0.15) is 0 Å². The predicted molar refractivity (Wildman–Crippen MR) is 173 cm³/mol. The zero-order chi connectivity index (χ0) is 34.9. The normalized spacial score (nSPS) is 11.4. The van der Waals surface area contributed by atoms with Gasteiger partial charge in [-0.1, -0.05) is 19.8 Å². The van der Waals surface area contributed by atoms with Crippen molar-refractivity contribution < 1.29 is 76.3 Å². The number of carboxylic acids is 1. The van der Waals surface area contributed by atoms with Gasteiger partial charge in [-0.05, 0) is 6.42 Å². The Morgan fingerprint density at radius 3 is 0.875 bits per heavy atom. The molecule has 0 aromatic carbocycles. The lowest BCUT2D eigenvalue weighted by Gasteiger charge is -2.09. The van der Waals surface area contributed by atoms with Gasteiger partial charge in [0.25, 0.3) is 0 Å². The number of ether oxygens (including phenoxy) is 13. The first-order chi connectivity index (χ1) is 23.7. The molecule has 0 aliphatic rings. The molecule has 0 atom stereocenters. The van der Waals surface area contributed by atoms with Crippen LogP contribution in [-0.2, 0) is 71.2 Å². The molecule has 0 heterocycles. The van der Waals surface area contributed by atoms with Gasteiger partial charge in [0, 0.05) is 6.42 Å². The van der Waals surface area contributed by atoms with Crippen LogP contribution in [0.2, 0.25) is 0 Å². The third-order valence-electron chi connectivity index (χ3n) is 5.79. The van der Waals surface area contributed by atoms with E-state index in [0.717, 1.165) is 19.3 Å². The molecule has 48 heavy (non-hydrogen) atoms. The minimum atomic E-state index is -0.999. The van der Waals surface area contributed by atoms with Crippen LogP contribution in [0, 0.1) is 0 Å². The molecule has 0 aromatic heterocycles. The van der Waals surface area contributed by atoms with E-state index in [1.807, 2.05) is 0 Å². The molecule has 16 nitrogen and oxygen atoms in total. The number of carbonyl (C=O) groups excluding carboxylic acids is 1. The summed E-state index contributed by atoms with van der Waals surface area (Å²) >= 11 is 0. The van der Waals surface area contributed by atoms with Crippen LogP contribution in [-0.4, -0.2) is 182 Å². The van der Waals surface area contributed by atoms with Crippen molar-refractivity contribution in [3.8, 4) is 0 Å². The summed E-state index contributed by atoms with van der Waals surface area (Å²) in [6.07, 6.45) is 3.47. The first kappa shape index (κ1) is 46.5. The molecule has 0 bridgehead atoms. The number of hydrogen-bond acceptors (Lipinski definition) is 15. The van der Waals surface area contributed by atoms with Crippen LogP contribution in [0.25, 0.3) is 0 Å². The summed E-state index contributed by atoms with van der Waals surface area (Å²) < 4.78 is 69.5. The van der Waals surface area contributed by atoms with Crippen LogP contribution in [0.3, 0.4) is 0 Å². The Balaban J connectivity index is 3.08. The number of rotatable bonds is 42. The van der Waals surface area contributed by atoms with Gasteiger partial charge >= 0.3 is 11.9 Å². The second kappa shape index (κ2) is 41.6. The minimum absolute atomic E-state index is 0.165. The fourth-order valence-electron chi connectivity index (χ4n) is 3.38. The van der Waals surface area contributed by atoms with Crippen molar-refractivity contribution in [2.45, 2.75) is 32.6 Å². The fraction of sp³-hybridized carbons (Fsp3) is 0.938. The zero-order valence-corrected chi connectivity index (χ0v) is 29.1. The van der Waals surface area contributed by atoms with E-state index in [0.29, 0.717) is 152 Å². The molecule has 16 heteroatoms. The Labute approximate surface area is 286 Å². The van der Waals surface area contributed by atoms with E-state index < -0.39 is 5.97 Å². The van der Waals surface area contributed by atoms with Gasteiger partial charge in [0.05, 0.1) is 152 Å². The third kappa shape index (κ3) is 42.5. The summed E-state index contributed by atoms with van der Waals surface area (Å²) in [6, 6.07) is 0. The highest BCUT2D eigenvalue weighted by Gasteiger charge is 2.02. The standard InChI is InChI=1S/C32H62O16/c1-2-3-4-5-32(35)48-29-28-46-25-24-44-21-20-42-17-16-40-13-12-38-9-8-36-6-7-37-10-11-39-14-15-41-18-19-43-22-23-45-26-27-47-30-31(33)34/h2-30H2,1H3,(H,33,34). The number of hydrogen-bond donors (Lipinski definition) is 1. The Morgan fingerprint density at radius 1 is 0.375 bits per heavy atom. The van der Waals surface area contributed by atoms with Gasteiger partial charge in [0.15, 0.2) is 0 Å². The maximum absolute atomic E-state index is 11.5. The second-order valence-corrected chi connectivity index (χ2v) is 9.86. The number of esters is 1. The van der Waals surface area contributed by atoms with Crippen molar-refractivity contribution in [1.29, 1.82) is 0 Å². The second-order valence-electron chi connectivity index (χ2n) is 9.86. The molecule has 0 radical (unpaired) electrons. The fourth-order valence-corrected chi connectivity index (χ4v) is 3.38. The molecule has 0 aliphatic heterocycles. The van der Waals surface area contributed by atoms with Crippen LogP contribution in [0.4, 0.5) is 0 Å². The number of carboxylic acid groups (broad SMARTS) is 1. The van der Waals surface area contributed by atoms with Crippen molar-refractivity contribution in [2.75, 3.05) is 165 Å². The van der Waals surface area contributed by atoms with E-state index in [-0.39, 0.29) is 25.8 Å². The van der Waals surface area contributed by atoms with Gasteiger partial charge in [-0.3, -0.25) is 4.79 Å². The van der Waals surface area contributed by atoms with Gasteiger partial charge in [0.2, 0.25) is 0 Å². The first-order valence-electron chi connectivity index (χ1n) is 17.0. The molecule has 286 valence electrons. The van der Waals surface area contributed by atoms with E-state index in [2.05, 4.69) is 6.92 Å². The maximum Gasteiger partial charge on any atom is 0.329 e. The van der Waals surface area contributed by atoms with Crippen LogP contribution < -0.4 is 0 Å². The smallest absolute Gasteiger partial charge is 0.329 e. The van der Waals surface area contributed by atoms with Crippen LogP contribution in [0.15, 0.2) is 0 Å². The van der Waals surface area contributed by atoms with Gasteiger partial charge < -0.3 is 66.7 Å². The van der Waals surface area contributed by atoms with Crippen molar-refractivity contribution in [2.24, 2.45) is 0 Å². The molecule has 0 spiro atoms. The van der Waals surface area contributed by atoms with E-state index >= 15 is 0 Å². The first-order valence-corrected chi connectivity index (χ1v) is 17.0. The van der Waals surface area contributed by atoms with Gasteiger partial charge in [0.1, 0.15) is 13.2 Å². The Hall–Kier alpha value is -1.54. The van der Waals surface area contributed by atoms with Crippen LogP contribution in [0.1, 0.15) is 32.6 Å². The Kier molecular flexibility index (Phi) is 40.3. The van der Waals surface area contributed by atoms with Crippen molar-refractivity contribution in [3.63, 3.8) is 0 Å². The highest BCUT2D eigenvalue weighted by Crippen LogP contribution is 2.00. The zero-order valence-electron chi connectivity index (χ0n) is 29.1. The van der Waals surface area contributed by atoms with Crippen molar-refractivity contribution >= 4 is 11.9 Å². The summed E-state index contributed by atoms with van der Waals surface area (Å²) in [5.74, 6) is -1.16. The number of unbranched alkanes of at least 4 members (excludes halogenated alkanes) is 2. The molecule has 0 fully saturated rings. The number of carbonyl (C=O) groups is 2. The molecule has 0 saturated heterocycles. The minimum Gasteiger partial charge on any atom is -0.480 e. The summed E-state index contributed by atoms with van der Waals surface area (Å²) in [4.78, 5) is 21.7. The Morgan fingerprint density at radius 2 is 0.625 bits per heavy atom. The largest absolute Gasteiger partial charge is 0.480 e. The van der Waals surface area contributed by atoms with Crippen LogP contribution >= 0.6 is 0 Å². The van der Waals surface area contributed by atoms with Gasteiger partial charge in [-0.15, -0.1) is 0 Å². The lowest BCUT2D eigenvalue weighted by molar-refractivity contribution is -0.145. The third-order valence-corrected chi connectivity index (χ3v) is 5.79. The topological polar surface area (TPSA) is 174 Å². The summed E-state index contributed by atoms with van der Waals surface area (Å²) in [5.41, 5.74) is 0. The monoisotopic (exact) mass is 702 g/mol. The maximum atomic E-state index is 11.5. The highest BCUT2D eigenvalue weighted by atomic mass is 16.6. The Bertz CT molecular complexity index is 658. The average molecular weight is 703 g/mol. The average Bonchev–Trinajstić information content (AvgIpc) is 3.07. The quantitative estimate of drug-likeness (QED) is 0.0713. The lowest BCUT2D eigenvalue weighted by atomic mass is 10.2. The summed E-state index contributed by atoms with van der Waals surface area (Å²) in [6.45, 7) is 12.4. The number of aliphatic carboxylic acids is 1. The van der Waals surface area contributed by atoms with Gasteiger partial charge in [-0.25, -0.2) is 4.79 Å². The van der Waals surface area contributed by atoms with Crippen molar-refractivity contribution in [1.82, 2.24) is 0 Å². The molecule has 0 rings (SSSR count). The van der Waals surface area contributed by atoms with E-state index in [1.54, 1.807) is 0 Å². The van der Waals surface area contributed by atoms with E-state index in [9.17, 15) is 9.59 Å². The molecule has 0 aromatic rings.